The largest absolute Gasteiger partial charge is 0.368 e. The highest BCUT2D eigenvalue weighted by Gasteiger charge is 2.43. The molecular formula is C11H22N2OS. The fraction of sp³-hybridized carbons (Fsp3) is 0.909. The highest BCUT2D eigenvalue weighted by molar-refractivity contribution is 8.00. The molecule has 1 amide bonds. The normalized spacial score (nSPS) is 32.9. The molecule has 4 heteroatoms. The predicted octanol–water partition coefficient (Wildman–Crippen LogP) is 1.51. The Kier molecular flexibility index (Phi) is 4.46. The second-order valence-corrected chi connectivity index (χ2v) is 6.16. The van der Waals surface area contributed by atoms with Gasteiger partial charge >= 0.3 is 0 Å². The van der Waals surface area contributed by atoms with E-state index >= 15 is 0 Å². The SMILES string of the molecule is CCC(C)SC1CCC(NC)(C(N)=O)C1. The third-order valence-electron chi connectivity index (χ3n) is 3.42. The summed E-state index contributed by atoms with van der Waals surface area (Å²) in [6.45, 7) is 4.44. The fourth-order valence-electron chi connectivity index (χ4n) is 2.12. The number of hydrogen-bond donors (Lipinski definition) is 2. The summed E-state index contributed by atoms with van der Waals surface area (Å²) in [4.78, 5) is 11.4. The van der Waals surface area contributed by atoms with Crippen molar-refractivity contribution in [1.29, 1.82) is 0 Å². The van der Waals surface area contributed by atoms with Crippen LogP contribution >= 0.6 is 11.8 Å². The van der Waals surface area contributed by atoms with Gasteiger partial charge in [0.15, 0.2) is 0 Å². The summed E-state index contributed by atoms with van der Waals surface area (Å²) in [5.74, 6) is -0.197. The molecule has 1 rings (SSSR count). The number of hydrogen-bond acceptors (Lipinski definition) is 3. The van der Waals surface area contributed by atoms with E-state index in [-0.39, 0.29) is 5.91 Å². The van der Waals surface area contributed by atoms with Gasteiger partial charge in [0, 0.05) is 10.5 Å². The van der Waals surface area contributed by atoms with Crippen LogP contribution in [0.4, 0.5) is 0 Å². The molecule has 0 aromatic rings. The highest BCUT2D eigenvalue weighted by atomic mass is 32.2. The molecule has 0 saturated heterocycles. The van der Waals surface area contributed by atoms with Gasteiger partial charge in [0.1, 0.15) is 0 Å². The molecule has 1 aliphatic rings. The summed E-state index contributed by atoms with van der Waals surface area (Å²) in [6.07, 6.45) is 4.05. The minimum Gasteiger partial charge on any atom is -0.368 e. The van der Waals surface area contributed by atoms with Gasteiger partial charge in [-0.2, -0.15) is 11.8 Å². The third kappa shape index (κ3) is 2.88. The van der Waals surface area contributed by atoms with Gasteiger partial charge in [-0.3, -0.25) is 4.79 Å². The van der Waals surface area contributed by atoms with E-state index in [4.69, 9.17) is 5.73 Å². The second kappa shape index (κ2) is 5.21. The molecule has 0 aromatic heterocycles. The minimum absolute atomic E-state index is 0.197. The molecule has 0 radical (unpaired) electrons. The molecule has 3 nitrogen and oxygen atoms in total. The van der Waals surface area contributed by atoms with Crippen LogP contribution in [0, 0.1) is 0 Å². The first-order chi connectivity index (χ1) is 7.04. The summed E-state index contributed by atoms with van der Waals surface area (Å²) in [5.41, 5.74) is 5.02. The van der Waals surface area contributed by atoms with Crippen LogP contribution in [0.25, 0.3) is 0 Å². The van der Waals surface area contributed by atoms with E-state index in [1.165, 1.54) is 6.42 Å². The van der Waals surface area contributed by atoms with E-state index in [9.17, 15) is 4.79 Å². The average Bonchev–Trinajstić information content (AvgIpc) is 2.62. The Morgan fingerprint density at radius 2 is 2.40 bits per heavy atom. The van der Waals surface area contributed by atoms with E-state index < -0.39 is 5.54 Å². The molecule has 0 heterocycles. The summed E-state index contributed by atoms with van der Waals surface area (Å²) in [6, 6.07) is 0. The Labute approximate surface area is 96.6 Å². The van der Waals surface area contributed by atoms with Crippen LogP contribution in [0.5, 0.6) is 0 Å². The summed E-state index contributed by atoms with van der Waals surface area (Å²) in [7, 11) is 1.83. The summed E-state index contributed by atoms with van der Waals surface area (Å²) < 4.78 is 0. The van der Waals surface area contributed by atoms with Crippen LogP contribution in [0.15, 0.2) is 0 Å². The topological polar surface area (TPSA) is 55.1 Å². The number of nitrogens with two attached hydrogens (primary N) is 1. The molecule has 3 atom stereocenters. The summed E-state index contributed by atoms with van der Waals surface area (Å²) >= 11 is 1.99. The van der Waals surface area contributed by atoms with Crippen LogP contribution < -0.4 is 11.1 Å². The first-order valence-corrected chi connectivity index (χ1v) is 6.62. The van der Waals surface area contributed by atoms with Gasteiger partial charge in [-0.1, -0.05) is 13.8 Å². The Bertz CT molecular complexity index is 235. The van der Waals surface area contributed by atoms with Crippen molar-refractivity contribution in [2.75, 3.05) is 7.05 Å². The minimum atomic E-state index is -0.439. The molecule has 88 valence electrons. The maximum atomic E-state index is 11.4. The quantitative estimate of drug-likeness (QED) is 0.753. The summed E-state index contributed by atoms with van der Waals surface area (Å²) in [5, 5.41) is 4.37. The number of thioether (sulfide) groups is 1. The lowest BCUT2D eigenvalue weighted by atomic mass is 9.97. The van der Waals surface area contributed by atoms with Crippen LogP contribution in [-0.2, 0) is 4.79 Å². The standard InChI is InChI=1S/C11H22N2OS/c1-4-8(2)15-9-5-6-11(7-9,13-3)10(12)14/h8-9,13H,4-7H2,1-3H3,(H2,12,14). The molecule has 3 unspecified atom stereocenters. The van der Waals surface area contributed by atoms with E-state index in [2.05, 4.69) is 19.2 Å². The molecule has 0 spiro atoms. The lowest BCUT2D eigenvalue weighted by molar-refractivity contribution is -0.124. The third-order valence-corrected chi connectivity index (χ3v) is 5.00. The Morgan fingerprint density at radius 3 is 2.80 bits per heavy atom. The van der Waals surface area contributed by atoms with Gasteiger partial charge in [-0.25, -0.2) is 0 Å². The molecular weight excluding hydrogens is 208 g/mol. The zero-order valence-corrected chi connectivity index (χ0v) is 10.7. The molecule has 0 aromatic carbocycles. The van der Waals surface area contributed by atoms with Crippen molar-refractivity contribution in [3.8, 4) is 0 Å². The molecule has 1 saturated carbocycles. The van der Waals surface area contributed by atoms with Gasteiger partial charge in [-0.05, 0) is 32.7 Å². The van der Waals surface area contributed by atoms with E-state index in [1.54, 1.807) is 0 Å². The van der Waals surface area contributed by atoms with Crippen molar-refractivity contribution >= 4 is 17.7 Å². The van der Waals surface area contributed by atoms with Crippen LogP contribution in [-0.4, -0.2) is 29.0 Å². The van der Waals surface area contributed by atoms with Crippen molar-refractivity contribution in [1.82, 2.24) is 5.32 Å². The monoisotopic (exact) mass is 230 g/mol. The van der Waals surface area contributed by atoms with Gasteiger partial charge in [0.25, 0.3) is 0 Å². The lowest BCUT2D eigenvalue weighted by Gasteiger charge is -2.25. The number of primary amides is 1. The first kappa shape index (κ1) is 12.8. The fourth-order valence-corrected chi connectivity index (χ4v) is 3.60. The van der Waals surface area contributed by atoms with Crippen LogP contribution in [0.1, 0.15) is 39.5 Å². The van der Waals surface area contributed by atoms with Crippen LogP contribution in [0.3, 0.4) is 0 Å². The Hall–Kier alpha value is -0.220. The molecule has 0 bridgehead atoms. The van der Waals surface area contributed by atoms with E-state index in [0.29, 0.717) is 10.5 Å². The molecule has 3 N–H and O–H groups in total. The van der Waals surface area contributed by atoms with E-state index in [0.717, 1.165) is 19.3 Å². The van der Waals surface area contributed by atoms with Crippen molar-refractivity contribution in [2.45, 2.75) is 55.6 Å². The smallest absolute Gasteiger partial charge is 0.237 e. The van der Waals surface area contributed by atoms with Gasteiger partial charge in [0.2, 0.25) is 5.91 Å². The van der Waals surface area contributed by atoms with Gasteiger partial charge in [-0.15, -0.1) is 0 Å². The first-order valence-electron chi connectivity index (χ1n) is 5.68. The van der Waals surface area contributed by atoms with Crippen molar-refractivity contribution in [3.05, 3.63) is 0 Å². The average molecular weight is 230 g/mol. The van der Waals surface area contributed by atoms with Crippen molar-refractivity contribution < 1.29 is 4.79 Å². The Balaban J connectivity index is 2.53. The van der Waals surface area contributed by atoms with E-state index in [1.807, 2.05) is 18.8 Å². The number of nitrogens with one attached hydrogen (secondary N) is 1. The maximum absolute atomic E-state index is 11.4. The van der Waals surface area contributed by atoms with Gasteiger partial charge < -0.3 is 11.1 Å². The van der Waals surface area contributed by atoms with Crippen molar-refractivity contribution in [2.24, 2.45) is 5.73 Å². The zero-order valence-electron chi connectivity index (χ0n) is 9.88. The number of likely N-dealkylation sites (N-methyl/N-ethyl adjacent to an activating group) is 1. The Morgan fingerprint density at radius 1 is 1.73 bits per heavy atom. The predicted molar refractivity (Wildman–Crippen MR) is 66.0 cm³/mol. The molecule has 0 aliphatic heterocycles. The highest BCUT2D eigenvalue weighted by Crippen LogP contribution is 2.38. The molecule has 15 heavy (non-hydrogen) atoms. The zero-order chi connectivity index (χ0) is 11.5. The number of rotatable bonds is 5. The second-order valence-electron chi connectivity index (χ2n) is 4.42. The van der Waals surface area contributed by atoms with Crippen molar-refractivity contribution in [3.63, 3.8) is 0 Å². The molecule has 1 fully saturated rings. The lowest BCUT2D eigenvalue weighted by Crippen LogP contribution is -2.52. The molecule has 1 aliphatic carbocycles. The van der Waals surface area contributed by atoms with Gasteiger partial charge in [0.05, 0.1) is 5.54 Å². The number of carbonyl (C=O) groups is 1. The van der Waals surface area contributed by atoms with Crippen LogP contribution in [0.2, 0.25) is 0 Å². The maximum Gasteiger partial charge on any atom is 0.237 e. The number of carbonyl (C=O) groups excluding carboxylic acids is 1. The number of amides is 1.